The number of rotatable bonds is 58. The molecule has 450 valence electrons. The van der Waals surface area contributed by atoms with E-state index >= 15 is 0 Å². The second-order valence-electron chi connectivity index (χ2n) is 20.8. The van der Waals surface area contributed by atoms with E-state index in [2.05, 4.69) is 106 Å². The molecular weight excluding hydrogens is 1000 g/mol. The Hall–Kier alpha value is -3.34. The van der Waals surface area contributed by atoms with E-state index in [0.29, 0.717) is 19.3 Å². The Kier molecular flexibility index (Phi) is 57.2. The topological polar surface area (TPSA) is 155 Å². The van der Waals surface area contributed by atoms with Gasteiger partial charge >= 0.3 is 25.7 Å². The van der Waals surface area contributed by atoms with Crippen molar-refractivity contribution in [3.05, 3.63) is 85.1 Å². The highest BCUT2D eigenvalue weighted by Gasteiger charge is 2.28. The smallest absolute Gasteiger partial charge is 0.462 e. The molecule has 0 aromatic rings. The van der Waals surface area contributed by atoms with Crippen LogP contribution in [0.1, 0.15) is 278 Å². The molecule has 3 unspecified atom stereocenters. The number of unbranched alkanes of at least 4 members (excludes halogenated alkanes) is 27. The van der Waals surface area contributed by atoms with E-state index in [1.54, 1.807) is 0 Å². The molecule has 0 bridgehead atoms. The highest BCUT2D eigenvalue weighted by Crippen LogP contribution is 2.43. The van der Waals surface area contributed by atoms with Gasteiger partial charge in [0.15, 0.2) is 6.10 Å². The van der Waals surface area contributed by atoms with Crippen molar-refractivity contribution in [1.82, 2.24) is 0 Å². The van der Waals surface area contributed by atoms with Crippen LogP contribution in [0.15, 0.2) is 85.1 Å². The molecule has 0 aromatic heterocycles. The van der Waals surface area contributed by atoms with Gasteiger partial charge in [-0.05, 0) is 89.9 Å². The number of phosphoric ester groups is 1. The molecule has 78 heavy (non-hydrogen) atoms. The third-order valence-electron chi connectivity index (χ3n) is 13.3. The molecule has 0 amide bonds. The van der Waals surface area contributed by atoms with Gasteiger partial charge in [0.1, 0.15) is 12.7 Å². The molecule has 0 aliphatic rings. The van der Waals surface area contributed by atoms with Crippen molar-refractivity contribution >= 4 is 25.7 Å². The SMILES string of the molecule is CC/C=C\C/C=C\C/C=C\C/C=C\CCCCCCC(=O)OCC(COP(=O)(O)OCC(CO)OC(=O)CCCCCCCCCCCCCCCCCCC)OC(=O)CCCCCCCCC/C=C\C/C=C\C/C=C\CC. The van der Waals surface area contributed by atoms with Crippen molar-refractivity contribution in [2.75, 3.05) is 26.4 Å². The average molecular weight is 1120 g/mol. The standard InChI is InChI=1S/C66H115O11P/c1-4-7-10-13-16-19-22-25-28-31-34-37-40-43-46-49-52-55-64(68)73-59-63(77-66(70)57-54-51-48-45-42-39-36-33-30-27-24-21-18-15-12-9-6-3)61-75-78(71,72)74-60-62(58-67)76-65(69)56-53-50-47-44-41-38-35-32-29-26-23-20-17-14-11-8-5-2/h7,9-10,12,16,18-19,21,25,27-28,30,34,37,62-63,67H,4-6,8,11,13-15,17,20,22-24,26,29,31-33,35-36,38-61H2,1-3H3,(H,71,72)/b10-7-,12-9-,19-16-,21-18-,28-25-,30-27-,37-34-. The quantitative estimate of drug-likeness (QED) is 0.0197. The second kappa shape index (κ2) is 59.8. The summed E-state index contributed by atoms with van der Waals surface area (Å²) in [7, 11) is -4.76. The zero-order valence-corrected chi connectivity index (χ0v) is 50.8. The Morgan fingerprint density at radius 2 is 0.667 bits per heavy atom. The highest BCUT2D eigenvalue weighted by atomic mass is 31.2. The summed E-state index contributed by atoms with van der Waals surface area (Å²) in [6.45, 7) is 4.42. The lowest BCUT2D eigenvalue weighted by atomic mass is 10.0. The molecule has 0 radical (unpaired) electrons. The van der Waals surface area contributed by atoms with Crippen molar-refractivity contribution in [2.45, 2.75) is 290 Å². The van der Waals surface area contributed by atoms with E-state index in [-0.39, 0.29) is 25.9 Å². The van der Waals surface area contributed by atoms with Crippen LogP contribution >= 0.6 is 7.82 Å². The van der Waals surface area contributed by atoms with Gasteiger partial charge < -0.3 is 24.2 Å². The molecule has 3 atom stereocenters. The monoisotopic (exact) mass is 1110 g/mol. The average Bonchev–Trinajstić information content (AvgIpc) is 3.43. The van der Waals surface area contributed by atoms with Crippen LogP contribution in [0.25, 0.3) is 0 Å². The third kappa shape index (κ3) is 57.3. The molecule has 11 nitrogen and oxygen atoms in total. The summed E-state index contributed by atoms with van der Waals surface area (Å²) in [6.07, 6.45) is 69.6. The van der Waals surface area contributed by atoms with Crippen LogP contribution in [0.2, 0.25) is 0 Å². The summed E-state index contributed by atoms with van der Waals surface area (Å²) in [4.78, 5) is 48.7. The summed E-state index contributed by atoms with van der Waals surface area (Å²) in [5.41, 5.74) is 0. The lowest BCUT2D eigenvalue weighted by Gasteiger charge is -2.21. The molecular formula is C66H115O11P. The van der Waals surface area contributed by atoms with Crippen molar-refractivity contribution in [3.8, 4) is 0 Å². The number of esters is 3. The fourth-order valence-electron chi connectivity index (χ4n) is 8.60. The lowest BCUT2D eigenvalue weighted by Crippen LogP contribution is -2.30. The third-order valence-corrected chi connectivity index (χ3v) is 14.3. The van der Waals surface area contributed by atoms with Gasteiger partial charge in [-0.1, -0.05) is 254 Å². The van der Waals surface area contributed by atoms with Crippen LogP contribution in [0.4, 0.5) is 0 Å². The molecule has 0 aliphatic heterocycles. The Labute approximate surface area is 477 Å². The molecule has 0 aromatic carbocycles. The number of ether oxygens (including phenoxy) is 3. The fraction of sp³-hybridized carbons (Fsp3) is 0.742. The summed E-state index contributed by atoms with van der Waals surface area (Å²) in [6, 6.07) is 0. The van der Waals surface area contributed by atoms with Gasteiger partial charge in [-0.3, -0.25) is 23.4 Å². The molecule has 0 saturated heterocycles. The minimum absolute atomic E-state index is 0.149. The zero-order chi connectivity index (χ0) is 56.9. The van der Waals surface area contributed by atoms with Gasteiger partial charge in [-0.2, -0.15) is 0 Å². The summed E-state index contributed by atoms with van der Waals surface area (Å²) in [5, 5.41) is 9.85. The molecule has 0 spiro atoms. The number of hydrogen-bond acceptors (Lipinski definition) is 10. The number of aliphatic hydroxyl groups excluding tert-OH is 1. The van der Waals surface area contributed by atoms with Gasteiger partial charge in [0.2, 0.25) is 0 Å². The van der Waals surface area contributed by atoms with Gasteiger partial charge in [-0.25, -0.2) is 4.57 Å². The van der Waals surface area contributed by atoms with E-state index in [1.807, 2.05) is 0 Å². The van der Waals surface area contributed by atoms with E-state index < -0.39 is 57.8 Å². The molecule has 0 saturated carbocycles. The Bertz CT molecular complexity index is 1630. The van der Waals surface area contributed by atoms with Crippen molar-refractivity contribution < 1.29 is 52.2 Å². The van der Waals surface area contributed by atoms with Gasteiger partial charge in [0.25, 0.3) is 0 Å². The Balaban J connectivity index is 4.73. The molecule has 0 rings (SSSR count). The Morgan fingerprint density at radius 1 is 0.372 bits per heavy atom. The van der Waals surface area contributed by atoms with E-state index in [1.165, 1.54) is 89.9 Å². The van der Waals surface area contributed by atoms with Crippen LogP contribution < -0.4 is 0 Å². The largest absolute Gasteiger partial charge is 0.472 e. The summed E-state index contributed by atoms with van der Waals surface area (Å²) in [5.74, 6) is -1.50. The van der Waals surface area contributed by atoms with Gasteiger partial charge in [0.05, 0.1) is 19.8 Å². The summed E-state index contributed by atoms with van der Waals surface area (Å²) >= 11 is 0. The number of carbonyl (C=O) groups is 3. The predicted molar refractivity (Wildman–Crippen MR) is 325 cm³/mol. The number of phosphoric acid groups is 1. The van der Waals surface area contributed by atoms with Crippen LogP contribution in [0, 0.1) is 0 Å². The van der Waals surface area contributed by atoms with Crippen LogP contribution in [-0.4, -0.2) is 66.5 Å². The first kappa shape index (κ1) is 74.7. The lowest BCUT2D eigenvalue weighted by molar-refractivity contribution is -0.161. The molecule has 0 aliphatic carbocycles. The second-order valence-corrected chi connectivity index (χ2v) is 22.3. The molecule has 0 fully saturated rings. The van der Waals surface area contributed by atoms with Crippen molar-refractivity contribution in [3.63, 3.8) is 0 Å². The first-order valence-electron chi connectivity index (χ1n) is 31.5. The minimum Gasteiger partial charge on any atom is -0.462 e. The Morgan fingerprint density at radius 3 is 1.03 bits per heavy atom. The first-order valence-corrected chi connectivity index (χ1v) is 33.0. The maximum atomic E-state index is 12.9. The summed E-state index contributed by atoms with van der Waals surface area (Å²) < 4.78 is 39.6. The maximum absolute atomic E-state index is 12.9. The normalized spacial score (nSPS) is 13.9. The van der Waals surface area contributed by atoms with E-state index in [9.17, 15) is 28.9 Å². The van der Waals surface area contributed by atoms with Gasteiger partial charge in [-0.15, -0.1) is 0 Å². The molecule has 12 heteroatoms. The number of aliphatic hydroxyl groups is 1. The van der Waals surface area contributed by atoms with E-state index in [0.717, 1.165) is 128 Å². The minimum atomic E-state index is -4.76. The zero-order valence-electron chi connectivity index (χ0n) is 49.9. The number of carbonyl (C=O) groups excluding carboxylic acids is 3. The van der Waals surface area contributed by atoms with Crippen LogP contribution in [0.3, 0.4) is 0 Å². The van der Waals surface area contributed by atoms with Gasteiger partial charge in [0, 0.05) is 19.3 Å². The van der Waals surface area contributed by atoms with Crippen molar-refractivity contribution in [2.24, 2.45) is 0 Å². The first-order chi connectivity index (χ1) is 38.2. The maximum Gasteiger partial charge on any atom is 0.472 e. The fourth-order valence-corrected chi connectivity index (χ4v) is 9.38. The van der Waals surface area contributed by atoms with Crippen molar-refractivity contribution in [1.29, 1.82) is 0 Å². The van der Waals surface area contributed by atoms with Crippen LogP contribution in [0.5, 0.6) is 0 Å². The molecule has 0 heterocycles. The van der Waals surface area contributed by atoms with Crippen LogP contribution in [-0.2, 0) is 42.2 Å². The predicted octanol–water partition coefficient (Wildman–Crippen LogP) is 19.0. The van der Waals surface area contributed by atoms with E-state index in [4.69, 9.17) is 23.3 Å². The number of allylic oxidation sites excluding steroid dienone is 14. The molecule has 2 N–H and O–H groups in total. The number of hydrogen-bond donors (Lipinski definition) is 2. The highest BCUT2D eigenvalue weighted by molar-refractivity contribution is 7.47.